The number of cyclic esters (lactones) is 2. The second-order valence-electron chi connectivity index (χ2n) is 19.7. The lowest BCUT2D eigenvalue weighted by molar-refractivity contribution is -0.148. The van der Waals surface area contributed by atoms with E-state index in [-0.39, 0.29) is 19.3 Å². The van der Waals surface area contributed by atoms with Gasteiger partial charge in [-0.1, -0.05) is 135 Å². The van der Waals surface area contributed by atoms with Crippen LogP contribution in [0.15, 0.2) is 153 Å². The number of hydrogen-bond acceptors (Lipinski definition) is 18. The van der Waals surface area contributed by atoms with E-state index in [1.54, 1.807) is 13.8 Å². The molecule has 0 saturated carbocycles. The van der Waals surface area contributed by atoms with E-state index in [1.807, 2.05) is 140 Å². The van der Waals surface area contributed by atoms with E-state index in [9.17, 15) is 68.7 Å². The molecule has 0 saturated heterocycles. The van der Waals surface area contributed by atoms with E-state index < -0.39 is 123 Å². The zero-order valence-corrected chi connectivity index (χ0v) is 45.2. The third kappa shape index (κ3) is 17.1. The number of phosphoric ester groups is 2. The van der Waals surface area contributed by atoms with Gasteiger partial charge < -0.3 is 49.9 Å². The van der Waals surface area contributed by atoms with Crippen LogP contribution >= 0.6 is 15.6 Å². The number of esters is 2. The van der Waals surface area contributed by atoms with Gasteiger partial charge in [0.1, 0.15) is 24.4 Å². The Hall–Kier alpha value is -5.76. The first-order valence-corrected chi connectivity index (χ1v) is 26.7. The molecule has 2 aliphatic heterocycles. The molecule has 0 radical (unpaired) electrons. The van der Waals surface area contributed by atoms with Crippen molar-refractivity contribution in [3.05, 3.63) is 153 Å². The maximum absolute atomic E-state index is 13.3. The van der Waals surface area contributed by atoms with Crippen molar-refractivity contribution in [3.8, 4) is 0 Å². The molecule has 0 aromatic heterocycles. The molecule has 0 aromatic rings. The molecule has 2 aliphatic carbocycles. The Bertz CT molecular complexity index is 2770. The van der Waals surface area contributed by atoms with Gasteiger partial charge in [0.05, 0.1) is 13.2 Å². The maximum atomic E-state index is 13.3. The highest BCUT2D eigenvalue weighted by Crippen LogP contribution is 2.51. The Kier molecular flexibility index (Phi) is 21.3. The molecule has 8 atom stereocenters. The molecule has 75 heavy (non-hydrogen) atoms. The zero-order chi connectivity index (χ0) is 56.4. The minimum atomic E-state index is -4.93. The van der Waals surface area contributed by atoms with Crippen molar-refractivity contribution in [1.29, 1.82) is 0 Å². The quantitative estimate of drug-likeness (QED) is 0.0269. The molecule has 0 fully saturated rings. The first-order chi connectivity index (χ1) is 34.8. The highest BCUT2D eigenvalue weighted by Gasteiger charge is 2.46. The van der Waals surface area contributed by atoms with Crippen molar-refractivity contribution in [2.75, 3.05) is 13.2 Å². The fraction of sp³-hybridized carbons (Fsp3) is 0.434. The second kappa shape index (κ2) is 25.9. The van der Waals surface area contributed by atoms with E-state index in [1.165, 1.54) is 0 Å². The van der Waals surface area contributed by atoms with E-state index in [0.29, 0.717) is 16.7 Å². The molecular weight excluding hydrogens is 1020 g/mol. The van der Waals surface area contributed by atoms with Gasteiger partial charge >= 0.3 is 27.6 Å². The molecule has 4 rings (SSSR count). The predicted octanol–water partition coefficient (Wildman–Crippen LogP) is 8.81. The van der Waals surface area contributed by atoms with Crippen LogP contribution in [-0.2, 0) is 55.9 Å². The highest BCUT2D eigenvalue weighted by atomic mass is 31.2. The molecule has 410 valence electrons. The summed E-state index contributed by atoms with van der Waals surface area (Å²) >= 11 is 0. The van der Waals surface area contributed by atoms with Gasteiger partial charge in [-0.15, -0.1) is 0 Å². The maximum Gasteiger partial charge on any atom is 0.472 e. The summed E-state index contributed by atoms with van der Waals surface area (Å²) in [6, 6.07) is 0. The smallest absolute Gasteiger partial charge is 0.472 e. The van der Waals surface area contributed by atoms with E-state index in [0.717, 1.165) is 27.9 Å². The van der Waals surface area contributed by atoms with Crippen molar-refractivity contribution in [2.24, 2.45) is 10.8 Å². The number of ether oxygens (including phenoxy) is 2. The van der Waals surface area contributed by atoms with Crippen LogP contribution in [0, 0.1) is 10.8 Å². The van der Waals surface area contributed by atoms with Gasteiger partial charge in [-0.05, 0) is 87.5 Å². The van der Waals surface area contributed by atoms with Crippen LogP contribution in [0.2, 0.25) is 0 Å². The number of rotatable bonds is 23. The van der Waals surface area contributed by atoms with E-state index >= 15 is 0 Å². The number of phosphoric acid groups is 2. The van der Waals surface area contributed by atoms with Gasteiger partial charge in [0.15, 0.2) is 35.3 Å². The number of hydrogen-bond donors (Lipinski definition) is 8. The summed E-state index contributed by atoms with van der Waals surface area (Å²) in [6.07, 6.45) is 17.0. The third-order valence-electron chi connectivity index (χ3n) is 12.4. The first-order valence-electron chi connectivity index (χ1n) is 23.7. The van der Waals surface area contributed by atoms with Crippen LogP contribution in [0.25, 0.3) is 0 Å². The second-order valence-corrected chi connectivity index (χ2v) is 22.5. The van der Waals surface area contributed by atoms with E-state index in [2.05, 4.69) is 9.47 Å². The minimum absolute atomic E-state index is 0.0325. The zero-order valence-electron chi connectivity index (χ0n) is 43.5. The molecule has 2 heterocycles. The number of ketones is 2. The van der Waals surface area contributed by atoms with Crippen LogP contribution in [0.5, 0.6) is 0 Å². The molecule has 0 spiro atoms. The normalized spacial score (nSPS) is 26.0. The molecule has 22 heteroatoms. The van der Waals surface area contributed by atoms with Crippen LogP contribution < -0.4 is 0 Å². The number of aliphatic hydroxyl groups is 6. The number of Topliss-reactive ketones (excluding diaryl/α,β-unsaturated/α-hetero) is 2. The molecule has 0 aromatic carbocycles. The first kappa shape index (κ1) is 61.8. The molecule has 4 aliphatic rings. The fourth-order valence-electron chi connectivity index (χ4n) is 8.27. The summed E-state index contributed by atoms with van der Waals surface area (Å²) in [7, 11) is -9.73. The van der Waals surface area contributed by atoms with Crippen molar-refractivity contribution < 1.29 is 96.3 Å². The van der Waals surface area contributed by atoms with Crippen molar-refractivity contribution in [1.82, 2.24) is 0 Å². The van der Waals surface area contributed by atoms with Crippen molar-refractivity contribution in [2.45, 2.75) is 125 Å². The van der Waals surface area contributed by atoms with Gasteiger partial charge in [0, 0.05) is 6.42 Å². The molecule has 8 N–H and O–H groups in total. The number of allylic oxidation sites excluding steroid dienone is 20. The monoisotopic (exact) mass is 1090 g/mol. The minimum Gasteiger partial charge on any atom is -0.505 e. The molecule has 0 amide bonds. The van der Waals surface area contributed by atoms with Gasteiger partial charge in [-0.2, -0.15) is 0 Å². The Balaban J connectivity index is 1.25. The van der Waals surface area contributed by atoms with Crippen LogP contribution in [-0.4, -0.2) is 114 Å². The van der Waals surface area contributed by atoms with Gasteiger partial charge in [-0.25, -0.2) is 18.7 Å². The molecule has 0 bridgehead atoms. The lowest BCUT2D eigenvalue weighted by atomic mass is 9.71. The average molecular weight is 1090 g/mol. The van der Waals surface area contributed by atoms with Crippen LogP contribution in [0.4, 0.5) is 0 Å². The molecular formula is C53H68O20P2. The Labute approximate surface area is 436 Å². The Morgan fingerprint density at radius 2 is 0.960 bits per heavy atom. The Morgan fingerprint density at radius 1 is 0.600 bits per heavy atom. The molecule has 20 nitrogen and oxygen atoms in total. The van der Waals surface area contributed by atoms with Crippen molar-refractivity contribution in [3.63, 3.8) is 0 Å². The summed E-state index contributed by atoms with van der Waals surface area (Å²) in [4.78, 5) is 70.1. The van der Waals surface area contributed by atoms with Gasteiger partial charge in [0.25, 0.3) is 0 Å². The van der Waals surface area contributed by atoms with E-state index in [4.69, 9.17) is 18.1 Å². The largest absolute Gasteiger partial charge is 0.505 e. The lowest BCUT2D eigenvalue weighted by Gasteiger charge is -2.36. The van der Waals surface area contributed by atoms with Crippen LogP contribution in [0.3, 0.4) is 0 Å². The van der Waals surface area contributed by atoms with Crippen molar-refractivity contribution >= 4 is 39.2 Å². The highest BCUT2D eigenvalue weighted by molar-refractivity contribution is 7.47. The van der Waals surface area contributed by atoms with Crippen LogP contribution in [0.1, 0.15) is 88.5 Å². The number of carbonyl (C=O) groups excluding carboxylic acids is 4. The Morgan fingerprint density at radius 3 is 1.35 bits per heavy atom. The predicted molar refractivity (Wildman–Crippen MR) is 275 cm³/mol. The fourth-order valence-corrected chi connectivity index (χ4v) is 10.1. The standard InChI is InChI=1S/C53H68O20P2/c1-30(17-13-19-32(3)21-23-36-34(5)42(56)40(27-52(36,7)8)72-74(64,65)68-26-25-38(54)48-44(58)46(60)50(62)70-48)15-11-12-16-31(2)18-14-20-33(4)22-24-37-35(6)43(57)41(28-53(37,9)10)73-75(66,67)69-29-39(55)49-45(59)47(61)51(63)71-49/h11-24,38-41,48-49,54-55,58-61H,25-29H2,1-10H3,(H,64,65)(H,66,67)/b12-11+,17-13+,18-14+,23-21+,24-22+,30-15+,31-16+,32-19+,33-20+/t38-,39-,40?,41?,48+,49+/m0/s1. The summed E-state index contributed by atoms with van der Waals surface area (Å²) in [6.45, 7) is 16.9. The summed E-state index contributed by atoms with van der Waals surface area (Å²) in [5, 5.41) is 58.8. The summed E-state index contributed by atoms with van der Waals surface area (Å²) < 4.78 is 55.1. The third-order valence-corrected chi connectivity index (χ3v) is 14.5. The topological polar surface area (TPSA) is 320 Å². The number of aliphatic hydroxyl groups excluding tert-OH is 6. The van der Waals surface area contributed by atoms with Gasteiger partial charge in [0.2, 0.25) is 11.5 Å². The molecule has 4 unspecified atom stereocenters. The summed E-state index contributed by atoms with van der Waals surface area (Å²) in [5.74, 6) is -7.47. The summed E-state index contributed by atoms with van der Waals surface area (Å²) in [5.41, 5.74) is 4.55. The lowest BCUT2D eigenvalue weighted by Crippen LogP contribution is -2.37. The van der Waals surface area contributed by atoms with Gasteiger partial charge in [-0.3, -0.25) is 27.7 Å². The average Bonchev–Trinajstić information content (AvgIpc) is 3.73. The SMILES string of the molecule is CC1=C(/C=C/C(C)=C/C=C/C(C)=C/C=C/C=C(C)/C=C/C=C(C)/C=C/C2=C(C)C(=O)C(OP(=O)(O)OC[C@H](O)[C@H]3OC(=O)C(O)=C3O)CC2(C)C)C(C)(C)CC(OP(=O)(O)OCC[C@H](O)[C@H]2OC(=O)C(O)=C2O)C1=O. The number of carbonyl (C=O) groups is 4.